The molecule has 1 aliphatic heterocycles. The molecule has 20 heavy (non-hydrogen) atoms. The third-order valence-corrected chi connectivity index (χ3v) is 3.67. The first-order valence-corrected chi connectivity index (χ1v) is 6.34. The summed E-state index contributed by atoms with van der Waals surface area (Å²) in [6.07, 6.45) is 4.48. The maximum Gasteiger partial charge on any atom is 0.487 e. The van der Waals surface area contributed by atoms with Gasteiger partial charge in [-0.3, -0.25) is 15.1 Å². The fourth-order valence-corrected chi connectivity index (χ4v) is 1.79. The van der Waals surface area contributed by atoms with E-state index in [1.165, 1.54) is 12.3 Å². The summed E-state index contributed by atoms with van der Waals surface area (Å²) < 4.78 is 11.6. The third-order valence-electron chi connectivity index (χ3n) is 3.67. The van der Waals surface area contributed by atoms with Gasteiger partial charge in [-0.25, -0.2) is 0 Å². The van der Waals surface area contributed by atoms with Gasteiger partial charge < -0.3 is 9.31 Å². The van der Waals surface area contributed by atoms with Crippen LogP contribution in [0.25, 0.3) is 6.08 Å². The van der Waals surface area contributed by atoms with Gasteiger partial charge in [0, 0.05) is 12.3 Å². The number of aromatic nitrogens is 1. The van der Waals surface area contributed by atoms with Crippen molar-refractivity contribution >= 4 is 18.9 Å². The van der Waals surface area contributed by atoms with Gasteiger partial charge in [0.1, 0.15) is 6.20 Å². The highest BCUT2D eigenvalue weighted by Crippen LogP contribution is 2.37. The molecular weight excluding hydrogens is 259 g/mol. The lowest BCUT2D eigenvalue weighted by Crippen LogP contribution is -2.41. The largest absolute Gasteiger partial charge is 0.487 e. The zero-order valence-corrected chi connectivity index (χ0v) is 12.0. The highest BCUT2D eigenvalue weighted by atomic mass is 16.7. The van der Waals surface area contributed by atoms with Gasteiger partial charge in [0.05, 0.1) is 16.1 Å². The van der Waals surface area contributed by atoms with Crippen molar-refractivity contribution in [3.05, 3.63) is 40.1 Å². The smallest absolute Gasteiger partial charge is 0.400 e. The van der Waals surface area contributed by atoms with E-state index in [0.29, 0.717) is 5.56 Å². The van der Waals surface area contributed by atoms with Gasteiger partial charge in [-0.15, -0.1) is 0 Å². The second-order valence-corrected chi connectivity index (χ2v) is 5.72. The Kier molecular flexibility index (Phi) is 3.66. The number of hydrogen-bond acceptors (Lipinski definition) is 5. The number of rotatable bonds is 3. The van der Waals surface area contributed by atoms with Crippen LogP contribution in [0.5, 0.6) is 0 Å². The zero-order chi connectivity index (χ0) is 15.0. The minimum absolute atomic E-state index is 0.0407. The quantitative estimate of drug-likeness (QED) is 0.482. The summed E-state index contributed by atoms with van der Waals surface area (Å²) >= 11 is 0. The Labute approximate surface area is 118 Å². The van der Waals surface area contributed by atoms with Crippen LogP contribution in [0, 0.1) is 10.1 Å². The first kappa shape index (κ1) is 14.7. The van der Waals surface area contributed by atoms with E-state index in [2.05, 4.69) is 4.98 Å². The Morgan fingerprint density at radius 1 is 1.25 bits per heavy atom. The lowest BCUT2D eigenvalue weighted by molar-refractivity contribution is -0.385. The van der Waals surface area contributed by atoms with Crippen LogP contribution in [-0.4, -0.2) is 28.2 Å². The molecule has 2 rings (SSSR count). The van der Waals surface area contributed by atoms with Crippen molar-refractivity contribution in [1.29, 1.82) is 0 Å². The summed E-state index contributed by atoms with van der Waals surface area (Å²) in [6.45, 7) is 7.87. The van der Waals surface area contributed by atoms with Crippen molar-refractivity contribution in [2.75, 3.05) is 0 Å². The molecule has 0 aromatic carbocycles. The Morgan fingerprint density at radius 2 is 1.85 bits per heavy atom. The van der Waals surface area contributed by atoms with Gasteiger partial charge in [-0.1, -0.05) is 12.1 Å². The van der Waals surface area contributed by atoms with Crippen LogP contribution in [0.1, 0.15) is 33.3 Å². The fraction of sp³-hybridized carbons (Fsp3) is 0.462. The van der Waals surface area contributed by atoms with E-state index in [-0.39, 0.29) is 5.69 Å². The standard InChI is InChI=1S/C13H17BN2O4/c1-12(2)13(3,4)20-14(19-12)6-5-10-7-11(16(17)18)9-15-8-10/h5-9H,1-4H3/b6-5+. The Balaban J connectivity index is 2.12. The molecule has 1 aromatic heterocycles. The van der Waals surface area contributed by atoms with Crippen molar-refractivity contribution in [2.45, 2.75) is 38.9 Å². The first-order valence-electron chi connectivity index (χ1n) is 6.34. The zero-order valence-electron chi connectivity index (χ0n) is 12.0. The number of pyridine rings is 1. The van der Waals surface area contributed by atoms with Crippen LogP contribution in [0.15, 0.2) is 24.4 Å². The maximum atomic E-state index is 10.7. The number of nitro groups is 1. The predicted octanol–water partition coefficient (Wildman–Crippen LogP) is 2.63. The molecule has 1 fully saturated rings. The molecule has 0 N–H and O–H groups in total. The van der Waals surface area contributed by atoms with Crippen LogP contribution in [0.2, 0.25) is 0 Å². The minimum atomic E-state index is -0.473. The van der Waals surface area contributed by atoms with Crippen LogP contribution in [-0.2, 0) is 9.31 Å². The molecule has 0 radical (unpaired) electrons. The summed E-state index contributed by atoms with van der Waals surface area (Å²) in [6, 6.07) is 1.45. The molecule has 1 saturated heterocycles. The van der Waals surface area contributed by atoms with E-state index < -0.39 is 23.2 Å². The average Bonchev–Trinajstić information content (AvgIpc) is 2.56. The van der Waals surface area contributed by atoms with Crippen molar-refractivity contribution in [2.24, 2.45) is 0 Å². The average molecular weight is 276 g/mol. The fourth-order valence-electron chi connectivity index (χ4n) is 1.79. The molecule has 0 unspecified atom stereocenters. The lowest BCUT2D eigenvalue weighted by Gasteiger charge is -2.32. The topological polar surface area (TPSA) is 74.5 Å². The molecule has 1 aromatic rings. The molecule has 106 valence electrons. The Morgan fingerprint density at radius 3 is 2.40 bits per heavy atom. The molecular formula is C13H17BN2O4. The van der Waals surface area contributed by atoms with Crippen LogP contribution in [0.4, 0.5) is 5.69 Å². The summed E-state index contributed by atoms with van der Waals surface area (Å²) in [4.78, 5) is 14.0. The second-order valence-electron chi connectivity index (χ2n) is 5.72. The van der Waals surface area contributed by atoms with Gasteiger partial charge in [0.15, 0.2) is 0 Å². The molecule has 1 aliphatic rings. The lowest BCUT2D eigenvalue weighted by atomic mass is 9.89. The van der Waals surface area contributed by atoms with Gasteiger partial charge in [0.2, 0.25) is 0 Å². The van der Waals surface area contributed by atoms with Crippen molar-refractivity contribution in [3.63, 3.8) is 0 Å². The SMILES string of the molecule is CC1(C)OB(/C=C/c2cncc([N+](=O)[O-])c2)OC1(C)C. The summed E-state index contributed by atoms with van der Waals surface area (Å²) in [5, 5.41) is 10.7. The molecule has 6 nitrogen and oxygen atoms in total. The van der Waals surface area contributed by atoms with Crippen molar-refractivity contribution < 1.29 is 14.2 Å². The minimum Gasteiger partial charge on any atom is -0.400 e. The van der Waals surface area contributed by atoms with E-state index in [1.54, 1.807) is 18.2 Å². The molecule has 2 heterocycles. The van der Waals surface area contributed by atoms with Gasteiger partial charge in [-0.2, -0.15) is 0 Å². The van der Waals surface area contributed by atoms with Crippen molar-refractivity contribution in [3.8, 4) is 0 Å². The Bertz CT molecular complexity index is 541. The highest BCUT2D eigenvalue weighted by Gasteiger charge is 2.49. The molecule has 7 heteroatoms. The summed E-state index contributed by atoms with van der Waals surface area (Å²) in [5.41, 5.74) is -0.207. The number of nitrogens with zero attached hydrogens (tertiary/aromatic N) is 2. The maximum absolute atomic E-state index is 10.7. The van der Waals surface area contributed by atoms with Crippen LogP contribution >= 0.6 is 0 Å². The molecule has 0 saturated carbocycles. The molecule has 0 bridgehead atoms. The first-order chi connectivity index (χ1) is 9.21. The van der Waals surface area contributed by atoms with Crippen LogP contribution < -0.4 is 0 Å². The van der Waals surface area contributed by atoms with E-state index in [4.69, 9.17) is 9.31 Å². The molecule has 0 aliphatic carbocycles. The van der Waals surface area contributed by atoms with Gasteiger partial charge >= 0.3 is 7.12 Å². The summed E-state index contributed by atoms with van der Waals surface area (Å²) in [5.74, 6) is 1.73. The molecule has 0 spiro atoms. The predicted molar refractivity (Wildman–Crippen MR) is 76.0 cm³/mol. The van der Waals surface area contributed by atoms with E-state index in [1.807, 2.05) is 27.7 Å². The third kappa shape index (κ3) is 2.89. The monoisotopic (exact) mass is 276 g/mol. The van der Waals surface area contributed by atoms with Crippen LogP contribution in [0.3, 0.4) is 0 Å². The molecule has 0 atom stereocenters. The van der Waals surface area contributed by atoms with E-state index in [9.17, 15) is 10.1 Å². The normalized spacial score (nSPS) is 20.5. The summed E-state index contributed by atoms with van der Waals surface area (Å²) in [7, 11) is -0.473. The van der Waals surface area contributed by atoms with E-state index >= 15 is 0 Å². The second kappa shape index (κ2) is 4.99. The highest BCUT2D eigenvalue weighted by molar-refractivity contribution is 6.52. The van der Waals surface area contributed by atoms with Gasteiger partial charge in [0.25, 0.3) is 5.69 Å². The van der Waals surface area contributed by atoms with Gasteiger partial charge in [-0.05, 0) is 33.3 Å². The van der Waals surface area contributed by atoms with E-state index in [0.717, 1.165) is 0 Å². The number of hydrogen-bond donors (Lipinski definition) is 0. The molecule has 0 amide bonds. The Hall–Kier alpha value is -1.73. The van der Waals surface area contributed by atoms with Crippen molar-refractivity contribution in [1.82, 2.24) is 4.98 Å².